The first kappa shape index (κ1) is 16.2. The largest absolute Gasteiger partial charge is 0.494 e. The molecule has 0 radical (unpaired) electrons. The second-order valence-corrected chi connectivity index (χ2v) is 5.09. The highest BCUT2D eigenvalue weighted by molar-refractivity contribution is 5.89. The summed E-state index contributed by atoms with van der Waals surface area (Å²) in [5.41, 5.74) is -0.260. The van der Waals surface area contributed by atoms with Gasteiger partial charge in [-0.25, -0.2) is 8.78 Å². The zero-order chi connectivity index (χ0) is 16.3. The van der Waals surface area contributed by atoms with Crippen molar-refractivity contribution in [3.05, 3.63) is 29.3 Å². The first-order chi connectivity index (χ1) is 10.5. The first-order valence-corrected chi connectivity index (χ1v) is 7.04. The average molecular weight is 312 g/mol. The Morgan fingerprint density at radius 1 is 1.45 bits per heavy atom. The molecule has 1 aliphatic rings. The van der Waals surface area contributed by atoms with Gasteiger partial charge in [0.25, 0.3) is 0 Å². The highest BCUT2D eigenvalue weighted by atomic mass is 19.1. The van der Waals surface area contributed by atoms with Crippen molar-refractivity contribution in [2.24, 2.45) is 5.92 Å². The van der Waals surface area contributed by atoms with E-state index in [-0.39, 0.29) is 36.1 Å². The maximum Gasteiger partial charge on any atom is 0.225 e. The van der Waals surface area contributed by atoms with Crippen LogP contribution in [-0.2, 0) is 16.1 Å². The number of likely N-dealkylation sites (tertiary alicyclic amines) is 1. The van der Waals surface area contributed by atoms with Crippen LogP contribution in [-0.4, -0.2) is 36.9 Å². The Bertz CT molecular complexity index is 592. The first-order valence-electron chi connectivity index (χ1n) is 7.04. The van der Waals surface area contributed by atoms with Crippen LogP contribution < -0.4 is 10.1 Å². The molecule has 1 heterocycles. The molecule has 1 fully saturated rings. The van der Waals surface area contributed by atoms with Crippen LogP contribution in [0.15, 0.2) is 12.1 Å². The molecule has 0 unspecified atom stereocenters. The smallest absolute Gasteiger partial charge is 0.225 e. The summed E-state index contributed by atoms with van der Waals surface area (Å²) in [6.07, 6.45) is 0.128. The molecule has 1 N–H and O–H groups in total. The Balaban J connectivity index is 2.02. The van der Waals surface area contributed by atoms with Gasteiger partial charge in [-0.3, -0.25) is 9.59 Å². The molecule has 0 saturated carbocycles. The molecular formula is C15H18F2N2O3. The molecule has 5 nitrogen and oxygen atoms in total. The Labute approximate surface area is 127 Å². The van der Waals surface area contributed by atoms with Crippen LogP contribution >= 0.6 is 0 Å². The highest BCUT2D eigenvalue weighted by Crippen LogP contribution is 2.23. The van der Waals surface area contributed by atoms with Gasteiger partial charge in [-0.15, -0.1) is 0 Å². The van der Waals surface area contributed by atoms with Gasteiger partial charge in [0.05, 0.1) is 13.0 Å². The van der Waals surface area contributed by atoms with E-state index < -0.39 is 17.6 Å². The molecule has 1 aliphatic heterocycles. The van der Waals surface area contributed by atoms with Crippen LogP contribution in [0, 0.1) is 17.6 Å². The van der Waals surface area contributed by atoms with Crippen LogP contribution in [0.5, 0.6) is 5.75 Å². The minimum Gasteiger partial charge on any atom is -0.494 e. The maximum atomic E-state index is 14.0. The summed E-state index contributed by atoms with van der Waals surface area (Å²) in [4.78, 5) is 25.2. The molecule has 1 aromatic rings. The maximum absolute atomic E-state index is 14.0. The van der Waals surface area contributed by atoms with Gasteiger partial charge in [0.1, 0.15) is 5.82 Å². The summed E-state index contributed by atoms with van der Waals surface area (Å²) in [5, 5.41) is 2.49. The standard InChI is InChI=1S/C15H18F2N2O3/c1-3-19-8-9(6-13(19)20)15(21)18-7-10-11(16)4-5-12(22-2)14(10)17/h4-5,9H,3,6-8H2,1-2H3,(H,18,21)/t9-/m1/s1. The van der Waals surface area contributed by atoms with Gasteiger partial charge in [0.2, 0.25) is 11.8 Å². The van der Waals surface area contributed by atoms with Crippen molar-refractivity contribution in [1.29, 1.82) is 0 Å². The fourth-order valence-electron chi connectivity index (χ4n) is 2.47. The number of nitrogens with one attached hydrogen (secondary N) is 1. The summed E-state index contributed by atoms with van der Waals surface area (Å²) in [6, 6.07) is 2.27. The lowest BCUT2D eigenvalue weighted by Crippen LogP contribution is -2.33. The molecule has 0 aliphatic carbocycles. The van der Waals surface area contributed by atoms with E-state index in [0.29, 0.717) is 13.1 Å². The second kappa shape index (κ2) is 6.72. The third kappa shape index (κ3) is 3.18. The summed E-state index contributed by atoms with van der Waals surface area (Å²) >= 11 is 0. The quantitative estimate of drug-likeness (QED) is 0.895. The monoisotopic (exact) mass is 312 g/mol. The van der Waals surface area contributed by atoms with Crippen molar-refractivity contribution in [1.82, 2.24) is 10.2 Å². The molecule has 0 bridgehead atoms. The highest BCUT2D eigenvalue weighted by Gasteiger charge is 2.33. The Kier molecular flexibility index (Phi) is 4.95. The van der Waals surface area contributed by atoms with Crippen LogP contribution in [0.25, 0.3) is 0 Å². The molecule has 7 heteroatoms. The van der Waals surface area contributed by atoms with Crippen LogP contribution in [0.3, 0.4) is 0 Å². The fourth-order valence-corrected chi connectivity index (χ4v) is 2.47. The number of halogens is 2. The summed E-state index contributed by atoms with van der Waals surface area (Å²) in [7, 11) is 1.28. The van der Waals surface area contributed by atoms with Crippen molar-refractivity contribution in [3.63, 3.8) is 0 Å². The minimum absolute atomic E-state index is 0.0820. The lowest BCUT2D eigenvalue weighted by atomic mass is 10.1. The van der Waals surface area contributed by atoms with Crippen molar-refractivity contribution < 1.29 is 23.1 Å². The lowest BCUT2D eigenvalue weighted by molar-refractivity contribution is -0.128. The molecule has 0 aromatic heterocycles. The fraction of sp³-hybridized carbons (Fsp3) is 0.467. The molecule has 1 saturated heterocycles. The number of rotatable bonds is 5. The molecular weight excluding hydrogens is 294 g/mol. The van der Waals surface area contributed by atoms with Gasteiger partial charge in [-0.1, -0.05) is 0 Å². The SMILES string of the molecule is CCN1C[C@H](C(=O)NCc2c(F)ccc(OC)c2F)CC1=O. The van der Waals surface area contributed by atoms with Gasteiger partial charge < -0.3 is 15.0 Å². The normalized spacial score (nSPS) is 17.7. The third-order valence-corrected chi connectivity index (χ3v) is 3.78. The molecule has 1 atom stereocenters. The topological polar surface area (TPSA) is 58.6 Å². The number of amides is 2. The predicted molar refractivity (Wildman–Crippen MR) is 75.1 cm³/mol. The number of carbonyl (C=O) groups excluding carboxylic acids is 2. The summed E-state index contributed by atoms with van der Waals surface area (Å²) in [5.74, 6) is -2.62. The Morgan fingerprint density at radius 2 is 2.18 bits per heavy atom. The van der Waals surface area contributed by atoms with Gasteiger partial charge in [-0.2, -0.15) is 0 Å². The minimum atomic E-state index is -0.833. The molecule has 120 valence electrons. The van der Waals surface area contributed by atoms with Crippen molar-refractivity contribution in [2.75, 3.05) is 20.2 Å². The molecule has 0 spiro atoms. The number of benzene rings is 1. The van der Waals surface area contributed by atoms with Crippen LogP contribution in [0.1, 0.15) is 18.9 Å². The Hall–Kier alpha value is -2.18. The van der Waals surface area contributed by atoms with E-state index in [1.54, 1.807) is 4.90 Å². The van der Waals surface area contributed by atoms with E-state index in [1.807, 2.05) is 6.92 Å². The van der Waals surface area contributed by atoms with Crippen molar-refractivity contribution >= 4 is 11.8 Å². The number of carbonyl (C=O) groups is 2. The lowest BCUT2D eigenvalue weighted by Gasteiger charge is -2.14. The summed E-state index contributed by atoms with van der Waals surface area (Å²) in [6.45, 7) is 2.43. The number of hydrogen-bond donors (Lipinski definition) is 1. The van der Waals surface area contributed by atoms with E-state index >= 15 is 0 Å². The third-order valence-electron chi connectivity index (χ3n) is 3.78. The molecule has 22 heavy (non-hydrogen) atoms. The van der Waals surface area contributed by atoms with Gasteiger partial charge in [0.15, 0.2) is 11.6 Å². The molecule has 2 rings (SSSR count). The zero-order valence-corrected chi connectivity index (χ0v) is 12.5. The molecule has 2 amide bonds. The van der Waals surface area contributed by atoms with Gasteiger partial charge in [-0.05, 0) is 19.1 Å². The predicted octanol–water partition coefficient (Wildman–Crippen LogP) is 1.46. The van der Waals surface area contributed by atoms with Gasteiger partial charge >= 0.3 is 0 Å². The van der Waals surface area contributed by atoms with E-state index in [2.05, 4.69) is 5.32 Å². The second-order valence-electron chi connectivity index (χ2n) is 5.09. The van der Waals surface area contributed by atoms with Crippen LogP contribution in [0.2, 0.25) is 0 Å². The van der Waals surface area contributed by atoms with E-state index in [1.165, 1.54) is 13.2 Å². The number of ether oxygens (including phenoxy) is 1. The Morgan fingerprint density at radius 3 is 2.77 bits per heavy atom. The summed E-state index contributed by atoms with van der Waals surface area (Å²) < 4.78 is 32.4. The molecule has 1 aromatic carbocycles. The number of methoxy groups -OCH3 is 1. The number of nitrogens with zero attached hydrogens (tertiary/aromatic N) is 1. The average Bonchev–Trinajstić information content (AvgIpc) is 2.88. The van der Waals surface area contributed by atoms with E-state index in [4.69, 9.17) is 4.74 Å². The zero-order valence-electron chi connectivity index (χ0n) is 12.5. The van der Waals surface area contributed by atoms with Crippen molar-refractivity contribution in [2.45, 2.75) is 19.9 Å². The van der Waals surface area contributed by atoms with Crippen LogP contribution in [0.4, 0.5) is 8.78 Å². The number of hydrogen-bond acceptors (Lipinski definition) is 3. The van der Waals surface area contributed by atoms with Crippen molar-refractivity contribution in [3.8, 4) is 5.75 Å². The van der Waals surface area contributed by atoms with E-state index in [0.717, 1.165) is 6.07 Å². The van der Waals surface area contributed by atoms with Gasteiger partial charge in [0, 0.05) is 31.6 Å². The van der Waals surface area contributed by atoms with E-state index in [9.17, 15) is 18.4 Å².